The molecule has 0 aliphatic carbocycles. The molecule has 26 heavy (non-hydrogen) atoms. The second kappa shape index (κ2) is 8.81. The summed E-state index contributed by atoms with van der Waals surface area (Å²) in [4.78, 5) is 22.5. The van der Waals surface area contributed by atoms with E-state index in [0.29, 0.717) is 11.7 Å². The number of nitrogens with one attached hydrogen (secondary N) is 1. The lowest BCUT2D eigenvalue weighted by molar-refractivity contribution is -0.384. The van der Waals surface area contributed by atoms with Gasteiger partial charge in [0.1, 0.15) is 5.82 Å². The highest BCUT2D eigenvalue weighted by Crippen LogP contribution is 2.27. The average molecular weight is 396 g/mol. The van der Waals surface area contributed by atoms with Crippen molar-refractivity contribution in [2.24, 2.45) is 0 Å². The summed E-state index contributed by atoms with van der Waals surface area (Å²) in [6.45, 7) is 8.29. The van der Waals surface area contributed by atoms with Crippen LogP contribution in [0.4, 0.5) is 11.4 Å². The molecule has 1 heterocycles. The fraction of sp³-hybridized carbons (Fsp3) is 0.312. The topological polar surface area (TPSA) is 103 Å². The number of non-ortho nitro benzene ring substituents is 1. The van der Waals surface area contributed by atoms with E-state index in [9.17, 15) is 14.9 Å². The first-order valence-corrected chi connectivity index (χ1v) is 9.10. The zero-order chi connectivity index (χ0) is 19.3. The van der Waals surface area contributed by atoms with Crippen molar-refractivity contribution in [2.75, 3.05) is 11.1 Å². The number of thioether (sulfide) groups is 1. The second-order valence-corrected chi connectivity index (χ2v) is 7.00. The predicted molar refractivity (Wildman–Crippen MR) is 102 cm³/mol. The van der Waals surface area contributed by atoms with Crippen LogP contribution >= 0.6 is 23.4 Å². The lowest BCUT2D eigenvalue weighted by Gasteiger charge is -2.10. The van der Waals surface area contributed by atoms with Crippen LogP contribution < -0.4 is 5.32 Å². The molecule has 0 spiro atoms. The summed E-state index contributed by atoms with van der Waals surface area (Å²) in [5, 5.41) is 22.5. The molecule has 0 fully saturated rings. The van der Waals surface area contributed by atoms with Crippen LogP contribution in [0.1, 0.15) is 25.6 Å². The Bertz CT molecular complexity index is 837. The number of anilines is 1. The van der Waals surface area contributed by atoms with Crippen molar-refractivity contribution < 1.29 is 9.72 Å². The average Bonchev–Trinajstić information content (AvgIpc) is 2.98. The first kappa shape index (κ1) is 19.9. The van der Waals surface area contributed by atoms with Crippen molar-refractivity contribution in [3.8, 4) is 0 Å². The number of hydrogen-bond acceptors (Lipinski definition) is 6. The summed E-state index contributed by atoms with van der Waals surface area (Å²) in [5.74, 6) is 0.715. The van der Waals surface area contributed by atoms with Gasteiger partial charge in [0.25, 0.3) is 5.69 Å². The Morgan fingerprint density at radius 2 is 2.23 bits per heavy atom. The van der Waals surface area contributed by atoms with Crippen molar-refractivity contribution in [2.45, 2.75) is 31.5 Å². The zero-order valence-electron chi connectivity index (χ0n) is 14.3. The van der Waals surface area contributed by atoms with Gasteiger partial charge in [0.2, 0.25) is 5.91 Å². The van der Waals surface area contributed by atoms with Gasteiger partial charge in [-0.25, -0.2) is 0 Å². The van der Waals surface area contributed by atoms with Crippen molar-refractivity contribution in [1.82, 2.24) is 14.8 Å². The maximum absolute atomic E-state index is 12.2. The van der Waals surface area contributed by atoms with E-state index in [-0.39, 0.29) is 34.0 Å². The summed E-state index contributed by atoms with van der Waals surface area (Å²) in [6, 6.07) is 3.87. The van der Waals surface area contributed by atoms with Gasteiger partial charge in [-0.05, 0) is 6.07 Å². The van der Waals surface area contributed by atoms with Crippen LogP contribution in [0.3, 0.4) is 0 Å². The standard InChI is InChI=1S/C16H18ClN5O3S/c1-4-7-21-15(10(2)3)19-20-16(21)26-9-14(23)18-13-8-11(22(24)25)5-6-12(13)17/h4-6,8,10H,1,7,9H2,2-3H3,(H,18,23). The number of nitrogens with zero attached hydrogens (tertiary/aromatic N) is 4. The van der Waals surface area contributed by atoms with E-state index in [1.54, 1.807) is 6.08 Å². The minimum atomic E-state index is -0.550. The fourth-order valence-electron chi connectivity index (χ4n) is 2.17. The minimum absolute atomic E-state index is 0.0619. The summed E-state index contributed by atoms with van der Waals surface area (Å²) >= 11 is 7.21. The van der Waals surface area contributed by atoms with Crippen LogP contribution in [0.25, 0.3) is 0 Å². The molecule has 0 aliphatic rings. The van der Waals surface area contributed by atoms with E-state index in [1.807, 2.05) is 18.4 Å². The summed E-state index contributed by atoms with van der Waals surface area (Å²) in [5.41, 5.74) is 0.0477. The van der Waals surface area contributed by atoms with Crippen LogP contribution in [0, 0.1) is 10.1 Å². The molecule has 0 saturated heterocycles. The monoisotopic (exact) mass is 395 g/mol. The van der Waals surface area contributed by atoms with Gasteiger partial charge >= 0.3 is 0 Å². The quantitative estimate of drug-likeness (QED) is 0.315. The van der Waals surface area contributed by atoms with Crippen LogP contribution in [-0.4, -0.2) is 31.3 Å². The summed E-state index contributed by atoms with van der Waals surface area (Å²) < 4.78 is 1.90. The van der Waals surface area contributed by atoms with Crippen molar-refractivity contribution in [1.29, 1.82) is 0 Å². The third-order valence-corrected chi connectivity index (χ3v) is 4.64. The maximum atomic E-state index is 12.2. The van der Waals surface area contributed by atoms with E-state index >= 15 is 0 Å². The molecular formula is C16H18ClN5O3S. The van der Waals surface area contributed by atoms with Crippen molar-refractivity contribution in [3.63, 3.8) is 0 Å². The molecule has 10 heteroatoms. The number of nitro benzene ring substituents is 1. The number of rotatable bonds is 8. The maximum Gasteiger partial charge on any atom is 0.271 e. The number of benzene rings is 1. The molecular weight excluding hydrogens is 378 g/mol. The molecule has 1 amide bonds. The van der Waals surface area contributed by atoms with Crippen molar-refractivity contribution in [3.05, 3.63) is 51.8 Å². The van der Waals surface area contributed by atoms with Gasteiger partial charge in [0, 0.05) is 24.6 Å². The zero-order valence-corrected chi connectivity index (χ0v) is 15.9. The van der Waals surface area contributed by atoms with Gasteiger partial charge in [-0.3, -0.25) is 14.9 Å². The highest BCUT2D eigenvalue weighted by molar-refractivity contribution is 7.99. The third-order valence-electron chi connectivity index (χ3n) is 3.34. The van der Waals surface area contributed by atoms with Crippen LogP contribution in [0.15, 0.2) is 36.0 Å². The Hall–Kier alpha value is -2.39. The van der Waals surface area contributed by atoms with Gasteiger partial charge in [-0.2, -0.15) is 0 Å². The highest BCUT2D eigenvalue weighted by atomic mass is 35.5. The summed E-state index contributed by atoms with van der Waals surface area (Å²) in [7, 11) is 0. The summed E-state index contributed by atoms with van der Waals surface area (Å²) in [6.07, 6.45) is 1.74. The Balaban J connectivity index is 2.07. The van der Waals surface area contributed by atoms with E-state index in [0.717, 1.165) is 5.82 Å². The number of amides is 1. The SMILES string of the molecule is C=CCn1c(SCC(=O)Nc2cc([N+](=O)[O-])ccc2Cl)nnc1C(C)C. The number of allylic oxidation sites excluding steroid dienone is 1. The van der Waals surface area contributed by atoms with Crippen LogP contribution in [-0.2, 0) is 11.3 Å². The molecule has 0 atom stereocenters. The molecule has 2 aromatic rings. The van der Waals surface area contributed by atoms with Gasteiger partial charge in [-0.1, -0.05) is 43.3 Å². The predicted octanol–water partition coefficient (Wildman–Crippen LogP) is 3.88. The van der Waals surface area contributed by atoms with Gasteiger partial charge in [-0.15, -0.1) is 16.8 Å². The molecule has 1 aromatic heterocycles. The number of aromatic nitrogens is 3. The fourth-order valence-corrected chi connectivity index (χ4v) is 3.09. The molecule has 1 N–H and O–H groups in total. The van der Waals surface area contributed by atoms with Gasteiger partial charge in [0.15, 0.2) is 5.16 Å². The molecule has 138 valence electrons. The van der Waals surface area contributed by atoms with Gasteiger partial charge in [0.05, 0.1) is 21.4 Å². The molecule has 2 rings (SSSR count). The number of nitro groups is 1. The number of carbonyl (C=O) groups excluding carboxylic acids is 1. The number of hydrogen-bond donors (Lipinski definition) is 1. The molecule has 0 radical (unpaired) electrons. The van der Waals surface area contributed by atoms with E-state index < -0.39 is 4.92 Å². The van der Waals surface area contributed by atoms with Crippen LogP contribution in [0.5, 0.6) is 0 Å². The normalized spacial score (nSPS) is 10.8. The van der Waals surface area contributed by atoms with E-state index in [2.05, 4.69) is 22.1 Å². The first-order valence-electron chi connectivity index (χ1n) is 7.74. The Morgan fingerprint density at radius 1 is 1.50 bits per heavy atom. The molecule has 1 aromatic carbocycles. The van der Waals surface area contributed by atoms with E-state index in [4.69, 9.17) is 11.6 Å². The lowest BCUT2D eigenvalue weighted by Crippen LogP contribution is -2.15. The number of carbonyl (C=O) groups is 1. The Kier molecular flexibility index (Phi) is 6.76. The first-order chi connectivity index (χ1) is 12.3. The van der Waals surface area contributed by atoms with Gasteiger partial charge < -0.3 is 9.88 Å². The van der Waals surface area contributed by atoms with Crippen molar-refractivity contribution >= 4 is 40.6 Å². The molecule has 0 bridgehead atoms. The second-order valence-electron chi connectivity index (χ2n) is 5.65. The lowest BCUT2D eigenvalue weighted by atomic mass is 10.2. The molecule has 8 nitrogen and oxygen atoms in total. The van der Waals surface area contributed by atoms with E-state index in [1.165, 1.54) is 30.0 Å². The smallest absolute Gasteiger partial charge is 0.271 e. The Morgan fingerprint density at radius 3 is 2.85 bits per heavy atom. The number of halogens is 1. The molecule has 0 unspecified atom stereocenters. The minimum Gasteiger partial charge on any atom is -0.324 e. The molecule has 0 aliphatic heterocycles. The Labute approximate surface area is 159 Å². The van der Waals surface area contributed by atoms with Crippen LogP contribution in [0.2, 0.25) is 5.02 Å². The highest BCUT2D eigenvalue weighted by Gasteiger charge is 2.17. The largest absolute Gasteiger partial charge is 0.324 e. The third kappa shape index (κ3) is 4.83. The molecule has 0 saturated carbocycles.